The fourth-order valence-electron chi connectivity index (χ4n) is 0.943. The van der Waals surface area contributed by atoms with Gasteiger partial charge in [0.2, 0.25) is 0 Å². The highest BCUT2D eigenvalue weighted by Crippen LogP contribution is 2.09. The van der Waals surface area contributed by atoms with E-state index in [4.69, 9.17) is 6.42 Å². The molecule has 0 bridgehead atoms. The van der Waals surface area contributed by atoms with Crippen LogP contribution in [0.15, 0.2) is 18.2 Å². The molecule has 0 saturated carbocycles. The van der Waals surface area contributed by atoms with Crippen molar-refractivity contribution in [2.24, 2.45) is 0 Å². The summed E-state index contributed by atoms with van der Waals surface area (Å²) in [4.78, 5) is 20.9. The molecule has 0 aliphatic carbocycles. The van der Waals surface area contributed by atoms with Crippen LogP contribution in [0.2, 0.25) is 0 Å². The smallest absolute Gasteiger partial charge is 0.152 e. The number of benzene rings is 1. The molecule has 0 fully saturated rings. The third kappa shape index (κ3) is 1.25. The second-order valence-corrected chi connectivity index (χ2v) is 2.19. The first kappa shape index (κ1) is 8.22. The number of hydrogen-bond acceptors (Lipinski definition) is 2. The molecule has 0 radical (unpaired) electrons. The van der Waals surface area contributed by atoms with Crippen LogP contribution in [-0.2, 0) is 0 Å². The van der Waals surface area contributed by atoms with Crippen molar-refractivity contribution < 1.29 is 9.59 Å². The number of carbonyl (C=O) groups is 2. The van der Waals surface area contributed by atoms with Crippen LogP contribution in [0.25, 0.3) is 0 Å². The van der Waals surface area contributed by atoms with E-state index in [2.05, 4.69) is 5.92 Å². The van der Waals surface area contributed by atoms with Crippen LogP contribution in [0.4, 0.5) is 0 Å². The normalized spacial score (nSPS) is 8.58. The lowest BCUT2D eigenvalue weighted by molar-refractivity contribution is 0.109. The van der Waals surface area contributed by atoms with E-state index in [0.29, 0.717) is 23.7 Å². The van der Waals surface area contributed by atoms with Crippen molar-refractivity contribution in [1.82, 2.24) is 0 Å². The van der Waals surface area contributed by atoms with E-state index in [9.17, 15) is 9.59 Å². The molecule has 0 atom stereocenters. The number of hydrogen-bond donors (Lipinski definition) is 0. The first-order valence-electron chi connectivity index (χ1n) is 3.33. The van der Waals surface area contributed by atoms with Crippen LogP contribution in [-0.4, -0.2) is 12.6 Å². The Morgan fingerprint density at radius 2 is 2.00 bits per heavy atom. The highest BCUT2D eigenvalue weighted by molar-refractivity contribution is 5.92. The van der Waals surface area contributed by atoms with Gasteiger partial charge >= 0.3 is 0 Å². The van der Waals surface area contributed by atoms with Crippen LogP contribution < -0.4 is 0 Å². The minimum Gasteiger partial charge on any atom is -0.298 e. The van der Waals surface area contributed by atoms with Crippen molar-refractivity contribution in [3.63, 3.8) is 0 Å². The van der Waals surface area contributed by atoms with Gasteiger partial charge in [0.1, 0.15) is 0 Å². The van der Waals surface area contributed by atoms with Gasteiger partial charge in [0, 0.05) is 16.7 Å². The number of rotatable bonds is 2. The number of aldehydes is 2. The third-order valence-electron chi connectivity index (χ3n) is 1.54. The molecule has 1 aromatic carbocycles. The fourth-order valence-corrected chi connectivity index (χ4v) is 0.943. The van der Waals surface area contributed by atoms with E-state index in [1.165, 1.54) is 0 Å². The quantitative estimate of drug-likeness (QED) is 0.480. The summed E-state index contributed by atoms with van der Waals surface area (Å²) in [6.07, 6.45) is 6.34. The molecule has 0 heterocycles. The van der Waals surface area contributed by atoms with Crippen molar-refractivity contribution in [1.29, 1.82) is 0 Å². The summed E-state index contributed by atoms with van der Waals surface area (Å²) in [5.74, 6) is 2.33. The SMILES string of the molecule is C#Cc1cccc(C=O)c1C=O. The van der Waals surface area contributed by atoms with Crippen molar-refractivity contribution >= 4 is 12.6 Å². The third-order valence-corrected chi connectivity index (χ3v) is 1.54. The average molecular weight is 158 g/mol. The van der Waals surface area contributed by atoms with Crippen LogP contribution in [0.3, 0.4) is 0 Å². The Kier molecular flexibility index (Phi) is 2.39. The molecule has 0 saturated heterocycles. The molecule has 0 unspecified atom stereocenters. The highest BCUT2D eigenvalue weighted by atomic mass is 16.1. The van der Waals surface area contributed by atoms with Crippen LogP contribution in [0.5, 0.6) is 0 Å². The van der Waals surface area contributed by atoms with Crippen molar-refractivity contribution in [3.8, 4) is 12.3 Å². The van der Waals surface area contributed by atoms with Gasteiger partial charge < -0.3 is 0 Å². The zero-order valence-corrected chi connectivity index (χ0v) is 6.28. The maximum atomic E-state index is 10.5. The van der Waals surface area contributed by atoms with Crippen LogP contribution in [0.1, 0.15) is 26.3 Å². The van der Waals surface area contributed by atoms with Crippen molar-refractivity contribution in [2.45, 2.75) is 0 Å². The lowest BCUT2D eigenvalue weighted by atomic mass is 10.0. The van der Waals surface area contributed by atoms with E-state index in [-0.39, 0.29) is 5.56 Å². The maximum absolute atomic E-state index is 10.5. The second-order valence-electron chi connectivity index (χ2n) is 2.19. The summed E-state index contributed by atoms with van der Waals surface area (Å²) >= 11 is 0. The Bertz CT molecular complexity index is 359. The molecule has 2 nitrogen and oxygen atoms in total. The van der Waals surface area contributed by atoms with E-state index >= 15 is 0 Å². The van der Waals surface area contributed by atoms with Crippen molar-refractivity contribution in [2.75, 3.05) is 0 Å². The van der Waals surface area contributed by atoms with Gasteiger partial charge in [-0.05, 0) is 6.07 Å². The van der Waals surface area contributed by atoms with Crippen LogP contribution in [0, 0.1) is 12.3 Å². The summed E-state index contributed by atoms with van der Waals surface area (Å²) in [7, 11) is 0. The van der Waals surface area contributed by atoms with Gasteiger partial charge in [-0.3, -0.25) is 9.59 Å². The maximum Gasteiger partial charge on any atom is 0.152 e. The monoisotopic (exact) mass is 158 g/mol. The van der Waals surface area contributed by atoms with Gasteiger partial charge in [-0.1, -0.05) is 18.1 Å². The zero-order valence-electron chi connectivity index (χ0n) is 6.28. The van der Waals surface area contributed by atoms with Gasteiger partial charge in [-0.15, -0.1) is 6.42 Å². The molecule has 0 aliphatic heterocycles. The van der Waals surface area contributed by atoms with E-state index in [0.717, 1.165) is 0 Å². The summed E-state index contributed by atoms with van der Waals surface area (Å²) in [5, 5.41) is 0. The molecule has 0 spiro atoms. The topological polar surface area (TPSA) is 34.1 Å². The Morgan fingerprint density at radius 3 is 2.50 bits per heavy atom. The molecule has 58 valence electrons. The Morgan fingerprint density at radius 1 is 1.25 bits per heavy atom. The molecule has 0 amide bonds. The standard InChI is InChI=1S/C10H6O2/c1-2-8-4-3-5-9(6-11)10(8)7-12/h1,3-7H. The summed E-state index contributed by atoms with van der Waals surface area (Å²) in [6, 6.07) is 4.82. The number of terminal acetylenes is 1. The summed E-state index contributed by atoms with van der Waals surface area (Å²) in [5.41, 5.74) is 1.07. The van der Waals surface area contributed by atoms with Crippen molar-refractivity contribution in [3.05, 3.63) is 34.9 Å². The van der Waals surface area contributed by atoms with E-state index < -0.39 is 0 Å². The fraction of sp³-hybridized carbons (Fsp3) is 0. The molecule has 1 aromatic rings. The highest BCUT2D eigenvalue weighted by Gasteiger charge is 2.03. The molecular weight excluding hydrogens is 152 g/mol. The number of carbonyl (C=O) groups excluding carboxylic acids is 2. The molecule has 1 rings (SSSR count). The molecule has 0 aromatic heterocycles. The Balaban J connectivity index is 3.44. The summed E-state index contributed by atoms with van der Waals surface area (Å²) in [6.45, 7) is 0. The van der Waals surface area contributed by atoms with E-state index in [1.54, 1.807) is 18.2 Å². The molecule has 12 heavy (non-hydrogen) atoms. The van der Waals surface area contributed by atoms with Gasteiger partial charge in [0.05, 0.1) is 0 Å². The second kappa shape index (κ2) is 3.49. The van der Waals surface area contributed by atoms with Gasteiger partial charge in [0.25, 0.3) is 0 Å². The Hall–Kier alpha value is -1.88. The molecule has 0 N–H and O–H groups in total. The minimum atomic E-state index is 0.287. The first-order chi connectivity index (χ1) is 5.83. The molecule has 0 aliphatic rings. The molecule has 2 heteroatoms. The Labute approximate surface area is 70.2 Å². The molecular formula is C10H6O2. The van der Waals surface area contributed by atoms with Gasteiger partial charge in [-0.2, -0.15) is 0 Å². The van der Waals surface area contributed by atoms with Gasteiger partial charge in [-0.25, -0.2) is 0 Å². The largest absolute Gasteiger partial charge is 0.298 e. The van der Waals surface area contributed by atoms with Crippen LogP contribution >= 0.6 is 0 Å². The zero-order chi connectivity index (χ0) is 8.97. The van der Waals surface area contributed by atoms with E-state index in [1.807, 2.05) is 0 Å². The van der Waals surface area contributed by atoms with Gasteiger partial charge in [0.15, 0.2) is 12.6 Å². The summed E-state index contributed by atoms with van der Waals surface area (Å²) < 4.78 is 0. The average Bonchev–Trinajstić information content (AvgIpc) is 2.16. The predicted molar refractivity (Wildman–Crippen MR) is 45.2 cm³/mol. The first-order valence-corrected chi connectivity index (χ1v) is 3.33. The lowest BCUT2D eigenvalue weighted by Crippen LogP contribution is -1.94. The predicted octanol–water partition coefficient (Wildman–Crippen LogP) is 1.29. The minimum absolute atomic E-state index is 0.287. The lowest BCUT2D eigenvalue weighted by Gasteiger charge is -1.98.